The van der Waals surface area contributed by atoms with Crippen molar-refractivity contribution in [3.8, 4) is 0 Å². The van der Waals surface area contributed by atoms with Gasteiger partial charge in [-0.15, -0.1) is 0 Å². The summed E-state index contributed by atoms with van der Waals surface area (Å²) in [7, 11) is 0. The molecule has 0 spiro atoms. The summed E-state index contributed by atoms with van der Waals surface area (Å²) in [6, 6.07) is 0.219. The Morgan fingerprint density at radius 3 is 2.92 bits per heavy atom. The molecule has 0 atom stereocenters. The first-order chi connectivity index (χ1) is 5.70. The lowest BCUT2D eigenvalue weighted by atomic mass is 10.4. The fraction of sp³-hybridized carbons (Fsp3) is 0.429. The predicted octanol–water partition coefficient (Wildman–Crippen LogP) is 0.0525. The van der Waals surface area contributed by atoms with Crippen molar-refractivity contribution in [2.75, 3.05) is 0 Å². The second-order valence-corrected chi connectivity index (χ2v) is 2.72. The Hall–Kier alpha value is -1.36. The number of nitrogens with zero attached hydrogens (tertiary/aromatic N) is 1. The highest BCUT2D eigenvalue weighted by molar-refractivity contribution is 5.91. The number of rotatable bonds is 3. The molecule has 12 heavy (non-hydrogen) atoms. The van der Waals surface area contributed by atoms with Gasteiger partial charge in [0.2, 0.25) is 0 Å². The van der Waals surface area contributed by atoms with E-state index in [-0.39, 0.29) is 11.9 Å². The average Bonchev–Trinajstić information content (AvgIpc) is 2.51. The highest BCUT2D eigenvalue weighted by Gasteiger charge is 2.05. The lowest BCUT2D eigenvalue weighted by molar-refractivity contribution is 0.0923. The maximum atomic E-state index is 11.2. The molecule has 0 bridgehead atoms. The van der Waals surface area contributed by atoms with Gasteiger partial charge in [0.1, 0.15) is 5.69 Å². The average molecular weight is 168 g/mol. The summed E-state index contributed by atoms with van der Waals surface area (Å²) >= 11 is 0. The van der Waals surface area contributed by atoms with Crippen LogP contribution < -0.4 is 10.9 Å². The molecule has 1 heterocycles. The van der Waals surface area contributed by atoms with Crippen LogP contribution in [0.1, 0.15) is 24.3 Å². The van der Waals surface area contributed by atoms with Gasteiger partial charge in [-0.2, -0.15) is 0 Å². The summed E-state index contributed by atoms with van der Waals surface area (Å²) in [5.41, 5.74) is 5.76. The van der Waals surface area contributed by atoms with Gasteiger partial charge in [0.05, 0.1) is 12.5 Å². The molecule has 0 aliphatic rings. The Morgan fingerprint density at radius 2 is 2.42 bits per heavy atom. The molecule has 0 aliphatic carbocycles. The molecule has 5 heteroatoms. The van der Waals surface area contributed by atoms with E-state index in [2.05, 4.69) is 20.8 Å². The molecule has 1 amide bonds. The third kappa shape index (κ3) is 2.35. The molecule has 66 valence electrons. The van der Waals surface area contributed by atoms with E-state index in [1.165, 1.54) is 12.5 Å². The molecule has 0 aromatic carbocycles. The topological polar surface area (TPSA) is 69.8 Å². The van der Waals surface area contributed by atoms with Gasteiger partial charge in [0, 0.05) is 6.04 Å². The Balaban J connectivity index is 2.40. The van der Waals surface area contributed by atoms with Gasteiger partial charge >= 0.3 is 0 Å². The van der Waals surface area contributed by atoms with E-state index in [1.807, 2.05) is 13.8 Å². The summed E-state index contributed by atoms with van der Waals surface area (Å²) in [6.07, 6.45) is 2.93. The van der Waals surface area contributed by atoms with Crippen LogP contribution in [-0.2, 0) is 0 Å². The Morgan fingerprint density at radius 1 is 1.67 bits per heavy atom. The largest absolute Gasteiger partial charge is 0.341 e. The van der Waals surface area contributed by atoms with E-state index in [4.69, 9.17) is 0 Å². The number of carbonyl (C=O) groups excluding carboxylic acids is 1. The molecule has 0 aliphatic heterocycles. The second kappa shape index (κ2) is 3.87. The number of H-pyrrole nitrogens is 1. The number of aromatic nitrogens is 2. The molecule has 1 rings (SSSR count). The van der Waals surface area contributed by atoms with Gasteiger partial charge in [-0.25, -0.2) is 10.4 Å². The second-order valence-electron chi connectivity index (χ2n) is 2.72. The van der Waals surface area contributed by atoms with Crippen molar-refractivity contribution in [1.82, 2.24) is 20.8 Å². The molecule has 0 saturated carbocycles. The molecular formula is C7H12N4O. The van der Waals surface area contributed by atoms with Gasteiger partial charge in [0.25, 0.3) is 5.91 Å². The highest BCUT2D eigenvalue weighted by Crippen LogP contribution is 1.88. The van der Waals surface area contributed by atoms with Crippen LogP contribution in [-0.4, -0.2) is 21.9 Å². The Labute approximate surface area is 70.6 Å². The number of aromatic amines is 1. The molecule has 3 N–H and O–H groups in total. The quantitative estimate of drug-likeness (QED) is 0.559. The lowest BCUT2D eigenvalue weighted by Crippen LogP contribution is -2.41. The first-order valence-corrected chi connectivity index (χ1v) is 3.74. The van der Waals surface area contributed by atoms with Gasteiger partial charge in [-0.05, 0) is 13.8 Å². The van der Waals surface area contributed by atoms with Crippen LogP contribution >= 0.6 is 0 Å². The fourth-order valence-electron chi connectivity index (χ4n) is 0.657. The first kappa shape index (κ1) is 8.73. The van der Waals surface area contributed by atoms with Gasteiger partial charge in [0.15, 0.2) is 0 Å². The summed E-state index contributed by atoms with van der Waals surface area (Å²) in [6.45, 7) is 3.88. The standard InChI is InChI=1S/C7H12N4O/c1-5(2)10-11-7(12)6-3-8-4-9-6/h3-5,10H,1-2H3,(H,8,9)(H,11,12). The zero-order valence-corrected chi connectivity index (χ0v) is 7.09. The minimum absolute atomic E-state index is 0.207. The Kier molecular flexibility index (Phi) is 2.82. The molecule has 5 nitrogen and oxygen atoms in total. The van der Waals surface area contributed by atoms with Crippen molar-refractivity contribution in [3.63, 3.8) is 0 Å². The molecule has 0 radical (unpaired) electrons. The zero-order chi connectivity index (χ0) is 8.97. The number of amides is 1. The van der Waals surface area contributed by atoms with Crippen LogP contribution in [0.3, 0.4) is 0 Å². The number of hydrogen-bond acceptors (Lipinski definition) is 3. The number of imidazole rings is 1. The third-order valence-corrected chi connectivity index (χ3v) is 1.22. The Bertz CT molecular complexity index is 242. The summed E-state index contributed by atoms with van der Waals surface area (Å²) in [5, 5.41) is 0. The predicted molar refractivity (Wildman–Crippen MR) is 44.3 cm³/mol. The van der Waals surface area contributed by atoms with Crippen molar-refractivity contribution >= 4 is 5.91 Å². The summed E-state index contributed by atoms with van der Waals surface area (Å²) in [4.78, 5) is 17.6. The van der Waals surface area contributed by atoms with E-state index in [9.17, 15) is 4.79 Å². The third-order valence-electron chi connectivity index (χ3n) is 1.22. The maximum absolute atomic E-state index is 11.2. The molecular weight excluding hydrogens is 156 g/mol. The molecule has 1 aromatic rings. The van der Waals surface area contributed by atoms with Gasteiger partial charge in [-0.3, -0.25) is 10.2 Å². The summed E-state index contributed by atoms with van der Waals surface area (Å²) in [5.74, 6) is -0.207. The molecule has 1 aromatic heterocycles. The number of carbonyl (C=O) groups is 1. The van der Waals surface area contributed by atoms with E-state index < -0.39 is 0 Å². The SMILES string of the molecule is CC(C)NNC(=O)c1cnc[nH]1. The fourth-order valence-corrected chi connectivity index (χ4v) is 0.657. The normalized spacial score (nSPS) is 10.2. The minimum atomic E-state index is -0.207. The van der Waals surface area contributed by atoms with Crippen molar-refractivity contribution in [1.29, 1.82) is 0 Å². The van der Waals surface area contributed by atoms with Crippen LogP contribution in [0.5, 0.6) is 0 Å². The van der Waals surface area contributed by atoms with Gasteiger partial charge in [-0.1, -0.05) is 0 Å². The molecule has 0 saturated heterocycles. The van der Waals surface area contributed by atoms with Crippen LogP contribution in [0.25, 0.3) is 0 Å². The van der Waals surface area contributed by atoms with Crippen LogP contribution in [0.4, 0.5) is 0 Å². The summed E-state index contributed by atoms with van der Waals surface area (Å²) < 4.78 is 0. The first-order valence-electron chi connectivity index (χ1n) is 3.74. The van der Waals surface area contributed by atoms with Crippen molar-refractivity contribution in [2.45, 2.75) is 19.9 Å². The highest BCUT2D eigenvalue weighted by atomic mass is 16.2. The van der Waals surface area contributed by atoms with Crippen molar-refractivity contribution in [2.24, 2.45) is 0 Å². The van der Waals surface area contributed by atoms with Crippen LogP contribution in [0, 0.1) is 0 Å². The minimum Gasteiger partial charge on any atom is -0.341 e. The smallest absolute Gasteiger partial charge is 0.283 e. The van der Waals surface area contributed by atoms with E-state index in [0.29, 0.717) is 5.69 Å². The van der Waals surface area contributed by atoms with Crippen molar-refractivity contribution < 1.29 is 4.79 Å². The number of hydrogen-bond donors (Lipinski definition) is 3. The molecule has 0 fully saturated rings. The molecule has 0 unspecified atom stereocenters. The van der Waals surface area contributed by atoms with Crippen LogP contribution in [0.2, 0.25) is 0 Å². The van der Waals surface area contributed by atoms with Crippen LogP contribution in [0.15, 0.2) is 12.5 Å². The van der Waals surface area contributed by atoms with Gasteiger partial charge < -0.3 is 4.98 Å². The van der Waals surface area contributed by atoms with E-state index in [0.717, 1.165) is 0 Å². The monoisotopic (exact) mass is 168 g/mol. The van der Waals surface area contributed by atoms with E-state index >= 15 is 0 Å². The maximum Gasteiger partial charge on any atom is 0.283 e. The van der Waals surface area contributed by atoms with Crippen molar-refractivity contribution in [3.05, 3.63) is 18.2 Å². The number of nitrogens with one attached hydrogen (secondary N) is 3. The zero-order valence-electron chi connectivity index (χ0n) is 7.09. The van der Waals surface area contributed by atoms with E-state index in [1.54, 1.807) is 0 Å². The lowest BCUT2D eigenvalue weighted by Gasteiger charge is -2.07. The number of hydrazine groups is 1.